The van der Waals surface area contributed by atoms with Gasteiger partial charge in [-0.25, -0.2) is 0 Å². The molecule has 2 aliphatic rings. The lowest BCUT2D eigenvalue weighted by Crippen LogP contribution is -2.27. The van der Waals surface area contributed by atoms with Crippen molar-refractivity contribution >= 4 is 17.4 Å². The van der Waals surface area contributed by atoms with Crippen LogP contribution in [0.15, 0.2) is 46.2 Å². The molecule has 1 N–H and O–H groups in total. The Morgan fingerprint density at radius 1 is 1.08 bits per heavy atom. The van der Waals surface area contributed by atoms with Crippen LogP contribution in [0.2, 0.25) is 0 Å². The van der Waals surface area contributed by atoms with Crippen LogP contribution < -0.4 is 5.32 Å². The molecule has 0 amide bonds. The average molecular weight is 377 g/mol. The molecule has 1 saturated carbocycles. The first kappa shape index (κ1) is 17.8. The van der Waals surface area contributed by atoms with Gasteiger partial charge in [-0.3, -0.25) is 0 Å². The molecule has 1 aliphatic carbocycles. The summed E-state index contributed by atoms with van der Waals surface area (Å²) in [4.78, 5) is 1.78. The first-order valence-electron chi connectivity index (χ1n) is 9.16. The molecule has 1 nitrogen and oxygen atoms in total. The van der Waals surface area contributed by atoms with Gasteiger partial charge in [0, 0.05) is 27.9 Å². The Balaban J connectivity index is 1.72. The van der Waals surface area contributed by atoms with E-state index in [0.29, 0.717) is 18.0 Å². The van der Waals surface area contributed by atoms with E-state index in [0.717, 1.165) is 34.6 Å². The van der Waals surface area contributed by atoms with E-state index in [-0.39, 0.29) is 6.04 Å². The zero-order chi connectivity index (χ0) is 18.3. The summed E-state index contributed by atoms with van der Waals surface area (Å²) in [6, 6.07) is 10.9. The first-order chi connectivity index (χ1) is 12.4. The molecule has 0 bridgehead atoms. The lowest BCUT2D eigenvalue weighted by Gasteiger charge is -2.31. The van der Waals surface area contributed by atoms with Crippen molar-refractivity contribution in [1.82, 2.24) is 0 Å². The van der Waals surface area contributed by atoms with Crippen LogP contribution in [0.1, 0.15) is 49.3 Å². The summed E-state index contributed by atoms with van der Waals surface area (Å²) in [6.07, 6.45) is 0.748. The van der Waals surface area contributed by atoms with Crippen LogP contribution in [0, 0.1) is 5.92 Å². The van der Waals surface area contributed by atoms with Gasteiger partial charge < -0.3 is 5.32 Å². The van der Waals surface area contributed by atoms with E-state index in [9.17, 15) is 13.2 Å². The summed E-state index contributed by atoms with van der Waals surface area (Å²) >= 11 is 1.45. The van der Waals surface area contributed by atoms with E-state index in [1.807, 2.05) is 18.2 Å². The highest BCUT2D eigenvalue weighted by atomic mass is 32.2. The van der Waals surface area contributed by atoms with E-state index in [1.54, 1.807) is 0 Å². The van der Waals surface area contributed by atoms with Gasteiger partial charge in [0.15, 0.2) is 0 Å². The third-order valence-electron chi connectivity index (χ3n) is 5.39. The Bertz CT molecular complexity index is 815. The number of hydrogen-bond donors (Lipinski definition) is 1. The summed E-state index contributed by atoms with van der Waals surface area (Å²) in [5.41, 5.74) is 2.29. The van der Waals surface area contributed by atoms with Crippen molar-refractivity contribution in [3.05, 3.63) is 53.1 Å². The highest BCUT2D eigenvalue weighted by Gasteiger charge is 2.34. The van der Waals surface area contributed by atoms with Gasteiger partial charge in [0.05, 0.1) is 5.56 Å². The van der Waals surface area contributed by atoms with Crippen LogP contribution in [0.5, 0.6) is 0 Å². The number of anilines is 1. The van der Waals surface area contributed by atoms with Crippen molar-refractivity contribution in [3.63, 3.8) is 0 Å². The van der Waals surface area contributed by atoms with E-state index >= 15 is 0 Å². The molecule has 4 rings (SSSR count). The molecule has 26 heavy (non-hydrogen) atoms. The van der Waals surface area contributed by atoms with E-state index in [1.165, 1.54) is 35.9 Å². The summed E-state index contributed by atoms with van der Waals surface area (Å²) in [7, 11) is 0. The Kier molecular flexibility index (Phi) is 4.68. The molecule has 0 radical (unpaired) electrons. The summed E-state index contributed by atoms with van der Waals surface area (Å²) in [6.45, 7) is 2.22. The monoisotopic (exact) mass is 377 g/mol. The maximum absolute atomic E-state index is 13.4. The topological polar surface area (TPSA) is 12.0 Å². The van der Waals surface area contributed by atoms with Crippen molar-refractivity contribution in [2.75, 3.05) is 5.32 Å². The van der Waals surface area contributed by atoms with E-state index < -0.39 is 11.7 Å². The molecular weight excluding hydrogens is 355 g/mol. The molecule has 2 unspecified atom stereocenters. The minimum Gasteiger partial charge on any atom is -0.382 e. The lowest BCUT2D eigenvalue weighted by molar-refractivity contribution is -0.137. The molecule has 1 heterocycles. The number of alkyl halides is 3. The van der Waals surface area contributed by atoms with Crippen LogP contribution in [-0.4, -0.2) is 6.04 Å². The van der Waals surface area contributed by atoms with Crippen molar-refractivity contribution in [3.8, 4) is 0 Å². The summed E-state index contributed by atoms with van der Waals surface area (Å²) in [5.74, 6) is 0.623. The van der Waals surface area contributed by atoms with Crippen molar-refractivity contribution in [2.24, 2.45) is 5.92 Å². The second-order valence-corrected chi connectivity index (χ2v) is 8.58. The number of fused-ring (bicyclic) bond motifs is 2. The van der Waals surface area contributed by atoms with Crippen LogP contribution in [0.3, 0.4) is 0 Å². The Morgan fingerprint density at radius 3 is 2.65 bits per heavy atom. The van der Waals surface area contributed by atoms with Crippen molar-refractivity contribution in [2.45, 2.75) is 61.0 Å². The normalized spacial score (nSPS) is 22.5. The second-order valence-electron chi connectivity index (χ2n) is 7.50. The predicted molar refractivity (Wildman–Crippen MR) is 99.9 cm³/mol. The fourth-order valence-corrected chi connectivity index (χ4v) is 5.20. The molecule has 1 fully saturated rings. The SMILES string of the molecule is CC1CCCC(Nc2cc(C(F)(F)F)cc3c2Cc2ccccc2S3)C1. The number of benzene rings is 2. The quantitative estimate of drug-likeness (QED) is 0.530. The Morgan fingerprint density at radius 2 is 1.88 bits per heavy atom. The highest BCUT2D eigenvalue weighted by Crippen LogP contribution is 2.45. The first-order valence-corrected chi connectivity index (χ1v) is 9.98. The maximum Gasteiger partial charge on any atom is 0.416 e. The van der Waals surface area contributed by atoms with Crippen LogP contribution in [0.25, 0.3) is 0 Å². The van der Waals surface area contributed by atoms with E-state index in [2.05, 4.69) is 18.3 Å². The summed E-state index contributed by atoms with van der Waals surface area (Å²) in [5, 5.41) is 3.47. The van der Waals surface area contributed by atoms with E-state index in [4.69, 9.17) is 0 Å². The van der Waals surface area contributed by atoms with Crippen LogP contribution in [0.4, 0.5) is 18.9 Å². The number of rotatable bonds is 2. The number of hydrogen-bond acceptors (Lipinski definition) is 2. The average Bonchev–Trinajstić information content (AvgIpc) is 2.59. The molecule has 2 aromatic carbocycles. The van der Waals surface area contributed by atoms with Crippen LogP contribution in [-0.2, 0) is 12.6 Å². The van der Waals surface area contributed by atoms with Crippen molar-refractivity contribution < 1.29 is 13.2 Å². The zero-order valence-electron chi connectivity index (χ0n) is 14.7. The van der Waals surface area contributed by atoms with Gasteiger partial charge in [-0.2, -0.15) is 13.2 Å². The minimum atomic E-state index is -4.33. The minimum absolute atomic E-state index is 0.258. The molecular formula is C21H22F3NS. The molecule has 0 spiro atoms. The van der Waals surface area contributed by atoms with Gasteiger partial charge in [-0.15, -0.1) is 0 Å². The molecule has 0 aromatic heterocycles. The Hall–Kier alpha value is -1.62. The van der Waals surface area contributed by atoms with Gasteiger partial charge >= 0.3 is 6.18 Å². The Labute approximate surface area is 156 Å². The van der Waals surface area contributed by atoms with Gasteiger partial charge in [0.25, 0.3) is 0 Å². The van der Waals surface area contributed by atoms with Crippen molar-refractivity contribution in [1.29, 1.82) is 0 Å². The standard InChI is InChI=1S/C21H22F3NS/c1-13-5-4-7-16(9-13)25-18-11-15(21(22,23)24)12-20-17(18)10-14-6-2-3-8-19(14)26-20/h2-3,6,8,11-13,16,25H,4-5,7,9-10H2,1H3. The summed E-state index contributed by atoms with van der Waals surface area (Å²) < 4.78 is 40.3. The fraction of sp³-hybridized carbons (Fsp3) is 0.429. The van der Waals surface area contributed by atoms with Gasteiger partial charge in [-0.1, -0.05) is 49.7 Å². The third kappa shape index (κ3) is 3.59. The van der Waals surface area contributed by atoms with Crippen LogP contribution >= 0.6 is 11.8 Å². The van der Waals surface area contributed by atoms with Gasteiger partial charge in [-0.05, 0) is 48.1 Å². The largest absolute Gasteiger partial charge is 0.416 e. The third-order valence-corrected chi connectivity index (χ3v) is 6.59. The zero-order valence-corrected chi connectivity index (χ0v) is 15.5. The molecule has 0 saturated heterocycles. The molecule has 2 atom stereocenters. The fourth-order valence-electron chi connectivity index (χ4n) is 4.05. The number of nitrogens with one attached hydrogen (secondary N) is 1. The molecule has 5 heteroatoms. The highest BCUT2D eigenvalue weighted by molar-refractivity contribution is 7.99. The smallest absolute Gasteiger partial charge is 0.382 e. The second kappa shape index (κ2) is 6.84. The molecule has 1 aliphatic heterocycles. The lowest BCUT2D eigenvalue weighted by atomic mass is 9.86. The van der Waals surface area contributed by atoms with Gasteiger partial charge in [0.1, 0.15) is 0 Å². The predicted octanol–water partition coefficient (Wildman–Crippen LogP) is 6.75. The molecule has 138 valence electrons. The molecule has 2 aromatic rings. The maximum atomic E-state index is 13.4. The number of halogens is 3. The van der Waals surface area contributed by atoms with Gasteiger partial charge in [0.2, 0.25) is 0 Å².